The molecule has 1 aromatic heterocycles. The van der Waals surface area contributed by atoms with Gasteiger partial charge in [-0.3, -0.25) is 4.79 Å². The zero-order chi connectivity index (χ0) is 14.8. The van der Waals surface area contributed by atoms with Crippen molar-refractivity contribution < 1.29 is 4.79 Å². The van der Waals surface area contributed by atoms with Crippen LogP contribution in [-0.2, 0) is 0 Å². The topological polar surface area (TPSA) is 46.1 Å². The van der Waals surface area contributed by atoms with E-state index >= 15 is 0 Å². The number of rotatable bonds is 3. The predicted molar refractivity (Wildman–Crippen MR) is 84.4 cm³/mol. The van der Waals surface area contributed by atoms with E-state index in [4.69, 9.17) is 0 Å². The molecule has 0 aliphatic carbocycles. The summed E-state index contributed by atoms with van der Waals surface area (Å²) in [6, 6.07) is 14.5. The highest BCUT2D eigenvalue weighted by Gasteiger charge is 2.20. The van der Waals surface area contributed by atoms with Gasteiger partial charge < -0.3 is 4.90 Å². The minimum atomic E-state index is -0.107. The van der Waals surface area contributed by atoms with Gasteiger partial charge in [0.25, 0.3) is 5.91 Å². The molecule has 4 nitrogen and oxygen atoms in total. The fraction of sp³-hybridized carbons (Fsp3) is 0.188. The molecule has 1 heterocycles. The van der Waals surface area contributed by atoms with Crippen molar-refractivity contribution in [3.05, 3.63) is 59.1 Å². The van der Waals surface area contributed by atoms with E-state index in [1.54, 1.807) is 17.3 Å². The first kappa shape index (κ1) is 13.7. The van der Waals surface area contributed by atoms with Gasteiger partial charge in [-0.1, -0.05) is 40.9 Å². The Morgan fingerprint density at radius 1 is 1.19 bits per heavy atom. The van der Waals surface area contributed by atoms with E-state index < -0.39 is 0 Å². The summed E-state index contributed by atoms with van der Waals surface area (Å²) >= 11 is 1.19. The molecule has 2 aromatic carbocycles. The molecule has 0 N–H and O–H groups in total. The zero-order valence-corrected chi connectivity index (χ0v) is 12.7. The minimum Gasteiger partial charge on any atom is -0.334 e. The number of carbonyl (C=O) groups excluding carboxylic acids is 1. The Labute approximate surface area is 127 Å². The van der Waals surface area contributed by atoms with Gasteiger partial charge in [-0.25, -0.2) is 0 Å². The van der Waals surface area contributed by atoms with Gasteiger partial charge in [0.2, 0.25) is 0 Å². The maximum Gasteiger partial charge on any atom is 0.275 e. The molecule has 1 amide bonds. The largest absolute Gasteiger partial charge is 0.334 e. The van der Waals surface area contributed by atoms with Gasteiger partial charge in [0.15, 0.2) is 5.69 Å². The van der Waals surface area contributed by atoms with Crippen molar-refractivity contribution in [2.24, 2.45) is 0 Å². The van der Waals surface area contributed by atoms with E-state index in [1.165, 1.54) is 22.3 Å². The van der Waals surface area contributed by atoms with Crippen LogP contribution in [0.4, 0.5) is 0 Å². The molecule has 0 saturated carbocycles. The smallest absolute Gasteiger partial charge is 0.275 e. The number of hydrogen-bond acceptors (Lipinski definition) is 4. The molecule has 0 fully saturated rings. The number of nitrogens with zero attached hydrogens (tertiary/aromatic N) is 3. The van der Waals surface area contributed by atoms with Crippen molar-refractivity contribution in [1.82, 2.24) is 14.5 Å². The summed E-state index contributed by atoms with van der Waals surface area (Å²) in [4.78, 5) is 14.0. The van der Waals surface area contributed by atoms with Crippen LogP contribution in [0.3, 0.4) is 0 Å². The second-order valence-electron chi connectivity index (χ2n) is 4.99. The number of aromatic nitrogens is 2. The van der Waals surface area contributed by atoms with Gasteiger partial charge in [-0.15, -0.1) is 5.10 Å². The van der Waals surface area contributed by atoms with Crippen LogP contribution in [0.5, 0.6) is 0 Å². The van der Waals surface area contributed by atoms with Gasteiger partial charge in [-0.05, 0) is 40.9 Å². The zero-order valence-electron chi connectivity index (χ0n) is 11.9. The van der Waals surface area contributed by atoms with E-state index in [9.17, 15) is 4.79 Å². The lowest BCUT2D eigenvalue weighted by Crippen LogP contribution is -2.29. The summed E-state index contributed by atoms with van der Waals surface area (Å²) < 4.78 is 3.74. The molecule has 106 valence electrons. The Hall–Kier alpha value is -2.27. The van der Waals surface area contributed by atoms with E-state index in [2.05, 4.69) is 39.9 Å². The summed E-state index contributed by atoms with van der Waals surface area (Å²) in [6.45, 7) is 2.02. The second-order valence-corrected chi connectivity index (χ2v) is 5.60. The molecular formula is C16H15N3OS. The summed E-state index contributed by atoms with van der Waals surface area (Å²) in [5, 5.41) is 7.89. The minimum absolute atomic E-state index is 0.0243. The third-order valence-corrected chi connectivity index (χ3v) is 4.24. The maximum atomic E-state index is 12.3. The van der Waals surface area contributed by atoms with Crippen molar-refractivity contribution >= 4 is 28.2 Å². The van der Waals surface area contributed by atoms with Crippen LogP contribution in [-0.4, -0.2) is 27.4 Å². The summed E-state index contributed by atoms with van der Waals surface area (Å²) in [5.74, 6) is -0.107. The molecule has 1 atom stereocenters. The highest BCUT2D eigenvalue weighted by molar-refractivity contribution is 7.03. The normalized spacial score (nSPS) is 12.3. The second kappa shape index (κ2) is 5.61. The Kier molecular flexibility index (Phi) is 3.66. The van der Waals surface area contributed by atoms with Crippen LogP contribution in [0.2, 0.25) is 0 Å². The third kappa shape index (κ3) is 2.64. The average molecular weight is 297 g/mol. The van der Waals surface area contributed by atoms with Crippen molar-refractivity contribution in [2.75, 3.05) is 7.05 Å². The van der Waals surface area contributed by atoms with Crippen molar-refractivity contribution in [1.29, 1.82) is 0 Å². The number of benzene rings is 2. The number of hydrogen-bond donors (Lipinski definition) is 0. The maximum absolute atomic E-state index is 12.3. The van der Waals surface area contributed by atoms with Crippen LogP contribution in [0.1, 0.15) is 29.0 Å². The molecule has 1 unspecified atom stereocenters. The number of fused-ring (bicyclic) bond motifs is 1. The van der Waals surface area contributed by atoms with Crippen LogP contribution < -0.4 is 0 Å². The van der Waals surface area contributed by atoms with E-state index in [0.717, 1.165) is 5.56 Å². The standard InChI is InChI=1S/C16H15N3OS/c1-11(19(2)16(20)15-10-21-18-17-15)13-8-7-12-5-3-4-6-14(12)9-13/h3-11H,1-2H3. The lowest BCUT2D eigenvalue weighted by Gasteiger charge is -2.24. The lowest BCUT2D eigenvalue weighted by molar-refractivity contribution is 0.0737. The first-order chi connectivity index (χ1) is 10.2. The Balaban J connectivity index is 1.89. The molecule has 0 spiro atoms. The lowest BCUT2D eigenvalue weighted by atomic mass is 10.0. The number of amides is 1. The molecule has 3 rings (SSSR count). The highest BCUT2D eigenvalue weighted by atomic mass is 32.1. The van der Waals surface area contributed by atoms with Crippen molar-refractivity contribution in [2.45, 2.75) is 13.0 Å². The fourth-order valence-corrected chi connectivity index (χ4v) is 2.74. The molecule has 5 heteroatoms. The Bertz CT molecular complexity index is 770. The third-order valence-electron chi connectivity index (χ3n) is 3.74. The van der Waals surface area contributed by atoms with Crippen LogP contribution in [0.15, 0.2) is 47.8 Å². The van der Waals surface area contributed by atoms with Gasteiger partial charge in [0.05, 0.1) is 6.04 Å². The fourth-order valence-electron chi connectivity index (χ4n) is 2.31. The molecule has 0 saturated heterocycles. The van der Waals surface area contributed by atoms with Crippen molar-refractivity contribution in [3.8, 4) is 0 Å². The molecule has 0 bridgehead atoms. The van der Waals surface area contributed by atoms with Crippen LogP contribution >= 0.6 is 11.5 Å². The molecule has 0 aliphatic heterocycles. The molecule has 21 heavy (non-hydrogen) atoms. The van der Waals surface area contributed by atoms with Gasteiger partial charge in [-0.2, -0.15) is 0 Å². The Morgan fingerprint density at radius 2 is 1.95 bits per heavy atom. The monoisotopic (exact) mass is 297 g/mol. The quantitative estimate of drug-likeness (QED) is 0.743. The molecule has 0 aliphatic rings. The highest BCUT2D eigenvalue weighted by Crippen LogP contribution is 2.24. The van der Waals surface area contributed by atoms with Crippen LogP contribution in [0, 0.1) is 0 Å². The summed E-state index contributed by atoms with van der Waals surface area (Å²) in [6.07, 6.45) is 0. The van der Waals surface area contributed by atoms with Gasteiger partial charge in [0.1, 0.15) is 0 Å². The molecule has 0 radical (unpaired) electrons. The van der Waals surface area contributed by atoms with E-state index in [-0.39, 0.29) is 11.9 Å². The SMILES string of the molecule is CC(c1ccc2ccccc2c1)N(C)C(=O)c1csnn1. The van der Waals surface area contributed by atoms with Gasteiger partial charge >= 0.3 is 0 Å². The molecule has 3 aromatic rings. The van der Waals surface area contributed by atoms with Crippen molar-refractivity contribution in [3.63, 3.8) is 0 Å². The predicted octanol–water partition coefficient (Wildman–Crippen LogP) is 3.52. The average Bonchev–Trinajstić information content (AvgIpc) is 3.06. The van der Waals surface area contributed by atoms with Crippen LogP contribution in [0.25, 0.3) is 10.8 Å². The molecular weight excluding hydrogens is 282 g/mol. The van der Waals surface area contributed by atoms with Gasteiger partial charge in [0, 0.05) is 12.4 Å². The van der Waals surface area contributed by atoms with E-state index in [0.29, 0.717) is 5.69 Å². The summed E-state index contributed by atoms with van der Waals surface area (Å²) in [7, 11) is 1.79. The first-order valence-electron chi connectivity index (χ1n) is 6.70. The van der Waals surface area contributed by atoms with E-state index in [1.807, 2.05) is 19.1 Å². The first-order valence-corrected chi connectivity index (χ1v) is 7.53. The number of carbonyl (C=O) groups is 1. The summed E-state index contributed by atoms with van der Waals surface area (Å²) in [5.41, 5.74) is 1.50. The Morgan fingerprint density at radius 3 is 2.67 bits per heavy atom.